The summed E-state index contributed by atoms with van der Waals surface area (Å²) in [6, 6.07) is 0.297. The van der Waals surface area contributed by atoms with Gasteiger partial charge in [-0.15, -0.1) is 0 Å². The maximum absolute atomic E-state index is 11.4. The molecule has 1 saturated carbocycles. The summed E-state index contributed by atoms with van der Waals surface area (Å²) in [7, 11) is 0. The lowest BCUT2D eigenvalue weighted by Gasteiger charge is -2.37. The van der Waals surface area contributed by atoms with E-state index in [4.69, 9.17) is 4.74 Å². The molecule has 1 N–H and O–H groups in total. The highest BCUT2D eigenvalue weighted by molar-refractivity contribution is 5.68. The molecule has 2 fully saturated rings. The maximum atomic E-state index is 11.4. The average molecular weight is 199 g/mol. The zero-order valence-corrected chi connectivity index (χ0v) is 8.32. The number of cyclic esters (lactones) is 1. The Morgan fingerprint density at radius 3 is 2.64 bits per heavy atom. The number of nitrogens with zero attached hydrogens (tertiary/aromatic N) is 1. The van der Waals surface area contributed by atoms with Gasteiger partial charge in [0.1, 0.15) is 0 Å². The van der Waals surface area contributed by atoms with Crippen LogP contribution in [0.5, 0.6) is 0 Å². The Balaban J connectivity index is 1.90. The molecule has 0 atom stereocenters. The number of aliphatic hydroxyl groups excluding tert-OH is 1. The Kier molecular flexibility index (Phi) is 2.91. The van der Waals surface area contributed by atoms with Crippen LogP contribution in [0, 0.1) is 0 Å². The number of carbonyl (C=O) groups excluding carboxylic acids is 1. The number of aliphatic hydroxyl groups is 1. The van der Waals surface area contributed by atoms with Crippen LogP contribution in [0.3, 0.4) is 0 Å². The molecule has 1 aliphatic heterocycles. The molecular formula is C10H17NO3. The topological polar surface area (TPSA) is 49.8 Å². The van der Waals surface area contributed by atoms with Gasteiger partial charge in [-0.1, -0.05) is 0 Å². The summed E-state index contributed by atoms with van der Waals surface area (Å²) in [5.74, 6) is 0. The third kappa shape index (κ3) is 2.00. The fourth-order valence-electron chi connectivity index (χ4n) is 2.27. The highest BCUT2D eigenvalue weighted by atomic mass is 16.6. The number of ether oxygens (including phenoxy) is 1. The molecule has 0 aromatic heterocycles. The molecule has 1 saturated heterocycles. The van der Waals surface area contributed by atoms with E-state index in [1.165, 1.54) is 0 Å². The molecule has 4 heteroatoms. The Morgan fingerprint density at radius 1 is 1.29 bits per heavy atom. The van der Waals surface area contributed by atoms with Gasteiger partial charge in [-0.05, 0) is 32.1 Å². The van der Waals surface area contributed by atoms with Crippen LogP contribution in [0.15, 0.2) is 0 Å². The van der Waals surface area contributed by atoms with Gasteiger partial charge in [0.25, 0.3) is 0 Å². The molecule has 14 heavy (non-hydrogen) atoms. The molecule has 0 spiro atoms. The Morgan fingerprint density at radius 2 is 2.00 bits per heavy atom. The van der Waals surface area contributed by atoms with Gasteiger partial charge in [0.05, 0.1) is 12.7 Å². The highest BCUT2D eigenvalue weighted by Crippen LogP contribution is 2.24. The Bertz CT molecular complexity index is 211. The van der Waals surface area contributed by atoms with Crippen LogP contribution in [0.2, 0.25) is 0 Å². The van der Waals surface area contributed by atoms with Gasteiger partial charge >= 0.3 is 6.09 Å². The zero-order valence-electron chi connectivity index (χ0n) is 8.32. The largest absolute Gasteiger partial charge is 0.449 e. The molecule has 1 heterocycles. The second-order valence-corrected chi connectivity index (χ2v) is 4.12. The van der Waals surface area contributed by atoms with Gasteiger partial charge in [-0.25, -0.2) is 4.79 Å². The van der Waals surface area contributed by atoms with Crippen molar-refractivity contribution in [3.8, 4) is 0 Å². The van der Waals surface area contributed by atoms with Crippen LogP contribution >= 0.6 is 0 Å². The quantitative estimate of drug-likeness (QED) is 0.688. The summed E-state index contributed by atoms with van der Waals surface area (Å²) in [5.41, 5.74) is 0. The van der Waals surface area contributed by atoms with E-state index < -0.39 is 0 Å². The van der Waals surface area contributed by atoms with Crippen molar-refractivity contribution in [3.05, 3.63) is 0 Å². The van der Waals surface area contributed by atoms with Crippen molar-refractivity contribution in [2.24, 2.45) is 0 Å². The van der Waals surface area contributed by atoms with Crippen LogP contribution in [-0.2, 0) is 4.74 Å². The SMILES string of the molecule is O=C1OCCCN1C1CCC(O)CC1. The minimum atomic E-state index is -0.169. The first-order chi connectivity index (χ1) is 6.77. The number of hydrogen-bond donors (Lipinski definition) is 1. The molecule has 0 radical (unpaired) electrons. The predicted molar refractivity (Wildman–Crippen MR) is 50.9 cm³/mol. The minimum Gasteiger partial charge on any atom is -0.449 e. The number of rotatable bonds is 1. The third-order valence-corrected chi connectivity index (χ3v) is 3.11. The molecule has 0 aromatic rings. The molecule has 0 unspecified atom stereocenters. The lowest BCUT2D eigenvalue weighted by molar-refractivity contribution is 0.0300. The predicted octanol–water partition coefficient (Wildman–Crippen LogP) is 1.13. The second-order valence-electron chi connectivity index (χ2n) is 4.12. The molecule has 2 aliphatic rings. The standard InChI is InChI=1S/C10H17NO3/c12-9-4-2-8(3-5-9)11-6-1-7-14-10(11)13/h8-9,12H,1-7H2. The fourth-order valence-corrected chi connectivity index (χ4v) is 2.27. The summed E-state index contributed by atoms with van der Waals surface area (Å²) in [6.45, 7) is 1.38. The lowest BCUT2D eigenvalue weighted by Crippen LogP contribution is -2.46. The summed E-state index contributed by atoms with van der Waals surface area (Å²) in [4.78, 5) is 13.2. The minimum absolute atomic E-state index is 0.160. The molecule has 1 aliphatic carbocycles. The van der Waals surface area contributed by atoms with Crippen molar-refractivity contribution in [2.45, 2.75) is 44.2 Å². The molecule has 0 aromatic carbocycles. The lowest BCUT2D eigenvalue weighted by atomic mass is 9.92. The normalized spacial score (nSPS) is 34.1. The van der Waals surface area contributed by atoms with E-state index in [1.54, 1.807) is 0 Å². The van der Waals surface area contributed by atoms with Gasteiger partial charge in [-0.2, -0.15) is 0 Å². The van der Waals surface area contributed by atoms with Gasteiger partial charge in [-0.3, -0.25) is 0 Å². The first-order valence-corrected chi connectivity index (χ1v) is 5.39. The van der Waals surface area contributed by atoms with Crippen LogP contribution in [0.4, 0.5) is 4.79 Å². The van der Waals surface area contributed by atoms with Crippen LogP contribution in [0.25, 0.3) is 0 Å². The number of amides is 1. The van der Waals surface area contributed by atoms with Gasteiger partial charge in [0.2, 0.25) is 0 Å². The molecular weight excluding hydrogens is 182 g/mol. The molecule has 1 amide bonds. The summed E-state index contributed by atoms with van der Waals surface area (Å²) >= 11 is 0. The smallest absolute Gasteiger partial charge is 0.410 e. The van der Waals surface area contributed by atoms with E-state index in [2.05, 4.69) is 0 Å². The zero-order chi connectivity index (χ0) is 9.97. The van der Waals surface area contributed by atoms with Crippen molar-refractivity contribution in [3.63, 3.8) is 0 Å². The first kappa shape index (κ1) is 9.77. The highest BCUT2D eigenvalue weighted by Gasteiger charge is 2.30. The van der Waals surface area contributed by atoms with Gasteiger partial charge < -0.3 is 14.7 Å². The van der Waals surface area contributed by atoms with E-state index in [9.17, 15) is 9.90 Å². The Labute approximate surface area is 83.8 Å². The van der Waals surface area contributed by atoms with Gasteiger partial charge in [0, 0.05) is 12.6 Å². The first-order valence-electron chi connectivity index (χ1n) is 5.39. The molecule has 2 rings (SSSR count). The van der Waals surface area contributed by atoms with E-state index in [-0.39, 0.29) is 12.2 Å². The van der Waals surface area contributed by atoms with Crippen LogP contribution < -0.4 is 0 Å². The second kappa shape index (κ2) is 4.17. The molecule has 0 bridgehead atoms. The fraction of sp³-hybridized carbons (Fsp3) is 0.900. The van der Waals surface area contributed by atoms with Crippen LogP contribution in [-0.4, -0.2) is 41.4 Å². The Hall–Kier alpha value is -0.770. The summed E-state index contributed by atoms with van der Waals surface area (Å²) in [5, 5.41) is 9.36. The van der Waals surface area contributed by atoms with E-state index in [0.717, 1.165) is 38.6 Å². The van der Waals surface area contributed by atoms with Crippen molar-refractivity contribution < 1.29 is 14.6 Å². The van der Waals surface area contributed by atoms with Crippen molar-refractivity contribution in [2.75, 3.05) is 13.2 Å². The number of carbonyl (C=O) groups is 1. The summed E-state index contributed by atoms with van der Waals surface area (Å²) in [6.07, 6.45) is 4.06. The van der Waals surface area contributed by atoms with Crippen molar-refractivity contribution in [1.29, 1.82) is 0 Å². The van der Waals surface area contributed by atoms with Gasteiger partial charge in [0.15, 0.2) is 0 Å². The van der Waals surface area contributed by atoms with E-state index in [0.29, 0.717) is 12.6 Å². The monoisotopic (exact) mass is 199 g/mol. The van der Waals surface area contributed by atoms with Crippen molar-refractivity contribution in [1.82, 2.24) is 4.90 Å². The molecule has 4 nitrogen and oxygen atoms in total. The molecule has 80 valence electrons. The maximum Gasteiger partial charge on any atom is 0.410 e. The average Bonchev–Trinajstić information content (AvgIpc) is 2.20. The third-order valence-electron chi connectivity index (χ3n) is 3.11. The van der Waals surface area contributed by atoms with E-state index in [1.807, 2.05) is 4.90 Å². The number of hydrogen-bond acceptors (Lipinski definition) is 3. The van der Waals surface area contributed by atoms with E-state index >= 15 is 0 Å². The van der Waals surface area contributed by atoms with Crippen LogP contribution in [0.1, 0.15) is 32.1 Å². The van der Waals surface area contributed by atoms with Crippen molar-refractivity contribution >= 4 is 6.09 Å². The summed E-state index contributed by atoms with van der Waals surface area (Å²) < 4.78 is 5.00.